The summed E-state index contributed by atoms with van der Waals surface area (Å²) in [6.07, 6.45) is 2.77. The summed E-state index contributed by atoms with van der Waals surface area (Å²) in [6, 6.07) is 8.73. The average Bonchev–Trinajstić information content (AvgIpc) is 2.73. The SMILES string of the molecule is O=C(O)c1cc(C(=O)O)cc(-c2cncc(-c3cc(C(=O)O)cc(C(=O)O)c3)c2)c1. The number of nitrogens with zero attached hydrogens (tertiary/aromatic N) is 1. The molecule has 0 aliphatic heterocycles. The lowest BCUT2D eigenvalue weighted by Crippen LogP contribution is -2.03. The van der Waals surface area contributed by atoms with Gasteiger partial charge in [0, 0.05) is 23.5 Å². The second-order valence-corrected chi connectivity index (χ2v) is 6.28. The maximum absolute atomic E-state index is 11.3. The van der Waals surface area contributed by atoms with E-state index in [1.807, 2.05) is 0 Å². The lowest BCUT2D eigenvalue weighted by Gasteiger charge is -2.09. The molecule has 0 spiro atoms. The summed E-state index contributed by atoms with van der Waals surface area (Å²) in [5, 5.41) is 37.0. The molecule has 0 saturated heterocycles. The van der Waals surface area contributed by atoms with Gasteiger partial charge in [-0.1, -0.05) is 0 Å². The van der Waals surface area contributed by atoms with Gasteiger partial charge in [0.1, 0.15) is 0 Å². The third kappa shape index (κ3) is 4.14. The van der Waals surface area contributed by atoms with Crippen molar-refractivity contribution in [2.75, 3.05) is 0 Å². The van der Waals surface area contributed by atoms with Crippen molar-refractivity contribution in [1.82, 2.24) is 4.98 Å². The zero-order valence-electron chi connectivity index (χ0n) is 15.1. The second kappa shape index (κ2) is 7.84. The number of hydrogen-bond donors (Lipinski definition) is 4. The molecule has 3 aromatic rings. The van der Waals surface area contributed by atoms with E-state index < -0.39 is 23.9 Å². The van der Waals surface area contributed by atoms with Gasteiger partial charge in [0.25, 0.3) is 0 Å². The van der Waals surface area contributed by atoms with Gasteiger partial charge in [-0.3, -0.25) is 4.98 Å². The van der Waals surface area contributed by atoms with E-state index in [0.29, 0.717) is 11.1 Å². The van der Waals surface area contributed by atoms with Crippen LogP contribution in [0, 0.1) is 0 Å². The summed E-state index contributed by atoms with van der Waals surface area (Å²) in [4.78, 5) is 49.4. The number of hydrogen-bond acceptors (Lipinski definition) is 5. The summed E-state index contributed by atoms with van der Waals surface area (Å²) < 4.78 is 0. The van der Waals surface area contributed by atoms with Crippen molar-refractivity contribution in [1.29, 1.82) is 0 Å². The summed E-state index contributed by atoms with van der Waals surface area (Å²) in [7, 11) is 0. The largest absolute Gasteiger partial charge is 0.478 e. The van der Waals surface area contributed by atoms with Crippen molar-refractivity contribution in [3.63, 3.8) is 0 Å². The molecule has 2 aromatic carbocycles. The number of benzene rings is 2. The molecule has 0 amide bonds. The van der Waals surface area contributed by atoms with E-state index in [9.17, 15) is 39.6 Å². The first-order valence-corrected chi connectivity index (χ1v) is 8.35. The van der Waals surface area contributed by atoms with Gasteiger partial charge in [-0.25, -0.2) is 19.2 Å². The fourth-order valence-corrected chi connectivity index (χ4v) is 2.84. The molecule has 0 radical (unpaired) electrons. The van der Waals surface area contributed by atoms with Crippen molar-refractivity contribution in [3.05, 3.63) is 77.1 Å². The van der Waals surface area contributed by atoms with Crippen LogP contribution < -0.4 is 0 Å². The first kappa shape index (κ1) is 20.2. The van der Waals surface area contributed by atoms with Crippen LogP contribution in [0.3, 0.4) is 0 Å². The van der Waals surface area contributed by atoms with Gasteiger partial charge in [-0.15, -0.1) is 0 Å². The van der Waals surface area contributed by atoms with Gasteiger partial charge < -0.3 is 20.4 Å². The smallest absolute Gasteiger partial charge is 0.335 e. The van der Waals surface area contributed by atoms with Crippen LogP contribution in [0.15, 0.2) is 54.9 Å². The minimum Gasteiger partial charge on any atom is -0.478 e. The highest BCUT2D eigenvalue weighted by molar-refractivity contribution is 5.97. The Morgan fingerprint density at radius 3 is 1.03 bits per heavy atom. The van der Waals surface area contributed by atoms with Crippen LogP contribution in [0.25, 0.3) is 22.3 Å². The van der Waals surface area contributed by atoms with Crippen LogP contribution in [0.4, 0.5) is 0 Å². The Morgan fingerprint density at radius 2 is 0.767 bits per heavy atom. The number of pyridine rings is 1. The number of rotatable bonds is 6. The molecule has 0 aliphatic carbocycles. The molecule has 0 fully saturated rings. The second-order valence-electron chi connectivity index (χ2n) is 6.28. The van der Waals surface area contributed by atoms with Crippen molar-refractivity contribution in [3.8, 4) is 22.3 Å². The minimum absolute atomic E-state index is 0.226. The van der Waals surface area contributed by atoms with E-state index in [-0.39, 0.29) is 33.4 Å². The monoisotopic (exact) mass is 407 g/mol. The van der Waals surface area contributed by atoms with Crippen LogP contribution in [-0.2, 0) is 0 Å². The molecule has 1 aromatic heterocycles. The fraction of sp³-hybridized carbons (Fsp3) is 0. The number of carboxylic acids is 4. The van der Waals surface area contributed by atoms with Crippen LogP contribution in [-0.4, -0.2) is 49.3 Å². The van der Waals surface area contributed by atoms with E-state index in [4.69, 9.17) is 0 Å². The Labute approximate surface area is 168 Å². The Hall–Kier alpha value is -4.53. The predicted octanol–water partition coefficient (Wildman–Crippen LogP) is 3.21. The Kier molecular flexibility index (Phi) is 5.28. The van der Waals surface area contributed by atoms with Crippen LogP contribution in [0.2, 0.25) is 0 Å². The summed E-state index contributed by atoms with van der Waals surface area (Å²) >= 11 is 0. The molecule has 30 heavy (non-hydrogen) atoms. The van der Waals surface area contributed by atoms with Gasteiger partial charge >= 0.3 is 23.9 Å². The molecular formula is C21H13NO8. The van der Waals surface area contributed by atoms with E-state index >= 15 is 0 Å². The standard InChI is InChI=1S/C21H13NO8/c23-18(24)12-1-10(2-13(5-12)19(25)26)16-7-17(9-22-8-16)11-3-14(20(27)28)6-15(4-11)21(29)30/h1-9H,(H,23,24)(H,25,26)(H,27,28)(H,29,30). The number of aromatic nitrogens is 1. The molecule has 150 valence electrons. The van der Waals surface area contributed by atoms with E-state index in [0.717, 1.165) is 12.1 Å². The normalized spacial score (nSPS) is 10.4. The number of carboxylic acid groups (broad SMARTS) is 4. The Balaban J connectivity index is 2.17. The predicted molar refractivity (Wildman–Crippen MR) is 103 cm³/mol. The Morgan fingerprint density at radius 1 is 0.467 bits per heavy atom. The summed E-state index contributed by atoms with van der Waals surface area (Å²) in [6.45, 7) is 0. The third-order valence-corrected chi connectivity index (χ3v) is 4.26. The van der Waals surface area contributed by atoms with Gasteiger partial charge in [0.05, 0.1) is 22.3 Å². The van der Waals surface area contributed by atoms with Crippen molar-refractivity contribution in [2.24, 2.45) is 0 Å². The molecule has 4 N–H and O–H groups in total. The average molecular weight is 407 g/mol. The van der Waals surface area contributed by atoms with Crippen LogP contribution in [0.5, 0.6) is 0 Å². The van der Waals surface area contributed by atoms with Gasteiger partial charge in [0.2, 0.25) is 0 Å². The molecular weight excluding hydrogens is 394 g/mol. The molecule has 0 unspecified atom stereocenters. The third-order valence-electron chi connectivity index (χ3n) is 4.26. The first-order chi connectivity index (χ1) is 14.2. The molecule has 0 aliphatic rings. The summed E-state index contributed by atoms with van der Waals surface area (Å²) in [5.74, 6) is -5.21. The fourth-order valence-electron chi connectivity index (χ4n) is 2.84. The highest BCUT2D eigenvalue weighted by Gasteiger charge is 2.15. The number of aromatic carboxylic acids is 4. The van der Waals surface area contributed by atoms with Crippen LogP contribution >= 0.6 is 0 Å². The lowest BCUT2D eigenvalue weighted by atomic mass is 9.96. The number of carbonyl (C=O) groups is 4. The summed E-state index contributed by atoms with van der Waals surface area (Å²) in [5.41, 5.74) is 0.385. The highest BCUT2D eigenvalue weighted by Crippen LogP contribution is 2.28. The van der Waals surface area contributed by atoms with Gasteiger partial charge in [-0.2, -0.15) is 0 Å². The molecule has 0 saturated carbocycles. The van der Waals surface area contributed by atoms with Gasteiger partial charge in [0.15, 0.2) is 0 Å². The van der Waals surface area contributed by atoms with E-state index in [2.05, 4.69) is 4.98 Å². The molecule has 9 heteroatoms. The molecule has 3 rings (SSSR count). The molecule has 1 heterocycles. The van der Waals surface area contributed by atoms with Crippen LogP contribution in [0.1, 0.15) is 41.4 Å². The quantitative estimate of drug-likeness (QED) is 0.480. The molecule has 9 nitrogen and oxygen atoms in total. The van der Waals surface area contributed by atoms with Crippen molar-refractivity contribution in [2.45, 2.75) is 0 Å². The maximum Gasteiger partial charge on any atom is 0.335 e. The topological polar surface area (TPSA) is 162 Å². The molecule has 0 atom stereocenters. The van der Waals surface area contributed by atoms with Gasteiger partial charge in [-0.05, 0) is 53.6 Å². The highest BCUT2D eigenvalue weighted by atomic mass is 16.4. The van der Waals surface area contributed by atoms with E-state index in [1.54, 1.807) is 0 Å². The van der Waals surface area contributed by atoms with E-state index in [1.165, 1.54) is 42.7 Å². The minimum atomic E-state index is -1.30. The molecule has 0 bridgehead atoms. The maximum atomic E-state index is 11.3. The zero-order valence-corrected chi connectivity index (χ0v) is 15.1. The first-order valence-electron chi connectivity index (χ1n) is 8.35. The Bertz CT molecular complexity index is 1060. The van der Waals surface area contributed by atoms with Crippen molar-refractivity contribution >= 4 is 23.9 Å². The van der Waals surface area contributed by atoms with Crippen molar-refractivity contribution < 1.29 is 39.6 Å². The lowest BCUT2D eigenvalue weighted by molar-refractivity contribution is 0.0676. The zero-order chi connectivity index (χ0) is 22.0.